The van der Waals surface area contributed by atoms with E-state index >= 15 is 0 Å². The van der Waals surface area contributed by atoms with Crippen LogP contribution in [-0.4, -0.2) is 36.0 Å². The first-order valence-electron chi connectivity index (χ1n) is 8.57. The molecule has 140 valence electrons. The zero-order valence-electron chi connectivity index (χ0n) is 15.6. The molecule has 2 atom stereocenters. The summed E-state index contributed by atoms with van der Waals surface area (Å²) in [4.78, 5) is 26.1. The maximum absolute atomic E-state index is 12.4. The van der Waals surface area contributed by atoms with Gasteiger partial charge in [-0.25, -0.2) is 4.79 Å². The maximum Gasteiger partial charge on any atom is 0.347 e. The molecule has 0 spiro atoms. The highest BCUT2D eigenvalue weighted by atomic mass is 16.6. The Morgan fingerprint density at radius 1 is 1.04 bits per heavy atom. The molecule has 2 rings (SSSR count). The monoisotopic (exact) mass is 366 g/mol. The van der Waals surface area contributed by atoms with Crippen LogP contribution in [-0.2, 0) is 20.9 Å². The molecule has 0 aromatic heterocycles. The quantitative estimate of drug-likeness (QED) is 0.704. The number of carbonyl (C=O) groups is 2. The van der Waals surface area contributed by atoms with E-state index in [9.17, 15) is 9.59 Å². The summed E-state index contributed by atoms with van der Waals surface area (Å²) in [6, 6.07) is 18.0. The van der Waals surface area contributed by atoms with E-state index in [1.54, 1.807) is 38.2 Å². The van der Waals surface area contributed by atoms with E-state index in [1.165, 1.54) is 11.8 Å². The van der Waals surface area contributed by atoms with Crippen molar-refractivity contribution in [1.29, 1.82) is 5.26 Å². The molecule has 0 bridgehead atoms. The predicted octanol–water partition coefficient (Wildman–Crippen LogP) is 2.92. The van der Waals surface area contributed by atoms with Gasteiger partial charge in [0.1, 0.15) is 5.75 Å². The third kappa shape index (κ3) is 5.86. The molecule has 0 aliphatic carbocycles. The molecule has 0 fully saturated rings. The molecule has 6 nitrogen and oxygen atoms in total. The Morgan fingerprint density at radius 2 is 1.67 bits per heavy atom. The number of carbonyl (C=O) groups excluding carboxylic acids is 2. The summed E-state index contributed by atoms with van der Waals surface area (Å²) in [7, 11) is 1.66. The van der Waals surface area contributed by atoms with Crippen LogP contribution in [0.5, 0.6) is 5.75 Å². The Morgan fingerprint density at radius 3 is 2.26 bits per heavy atom. The molecule has 0 saturated heterocycles. The van der Waals surface area contributed by atoms with Crippen molar-refractivity contribution < 1.29 is 19.1 Å². The number of hydrogen-bond donors (Lipinski definition) is 0. The highest BCUT2D eigenvalue weighted by Gasteiger charge is 2.25. The predicted molar refractivity (Wildman–Crippen MR) is 99.7 cm³/mol. The van der Waals surface area contributed by atoms with Crippen molar-refractivity contribution in [3.63, 3.8) is 0 Å². The largest absolute Gasteiger partial charge is 0.479 e. The van der Waals surface area contributed by atoms with Gasteiger partial charge >= 0.3 is 5.97 Å². The van der Waals surface area contributed by atoms with Crippen molar-refractivity contribution in [1.82, 2.24) is 4.90 Å². The van der Waals surface area contributed by atoms with Gasteiger partial charge in [0, 0.05) is 13.6 Å². The molecule has 0 unspecified atom stereocenters. The van der Waals surface area contributed by atoms with Crippen LogP contribution < -0.4 is 4.74 Å². The Kier molecular flexibility index (Phi) is 6.95. The van der Waals surface area contributed by atoms with Gasteiger partial charge in [-0.2, -0.15) is 5.26 Å². The standard InChI is InChI=1S/C21H22N2O4/c1-15(20(24)23(3)14-18-7-5-4-6-8-18)27-21(25)16(2)26-19-11-9-17(13-22)10-12-19/h4-12,15-16H,14H2,1-3H3/t15-,16-/m0/s1. The highest BCUT2D eigenvalue weighted by Crippen LogP contribution is 2.14. The van der Waals surface area contributed by atoms with Gasteiger partial charge in [0.2, 0.25) is 0 Å². The minimum Gasteiger partial charge on any atom is -0.479 e. The van der Waals surface area contributed by atoms with Crippen LogP contribution >= 0.6 is 0 Å². The minimum absolute atomic E-state index is 0.294. The number of nitrogens with zero attached hydrogens (tertiary/aromatic N) is 2. The average molecular weight is 366 g/mol. The molecule has 6 heteroatoms. The molecular formula is C21H22N2O4. The smallest absolute Gasteiger partial charge is 0.347 e. The van der Waals surface area contributed by atoms with E-state index in [1.807, 2.05) is 36.4 Å². The number of ether oxygens (including phenoxy) is 2. The van der Waals surface area contributed by atoms with E-state index in [0.717, 1.165) is 5.56 Å². The molecule has 27 heavy (non-hydrogen) atoms. The number of rotatable bonds is 7. The molecule has 0 aliphatic rings. The molecule has 2 aromatic carbocycles. The molecule has 0 saturated carbocycles. The summed E-state index contributed by atoms with van der Waals surface area (Å²) < 4.78 is 10.7. The van der Waals surface area contributed by atoms with Crippen molar-refractivity contribution in [2.24, 2.45) is 0 Å². The van der Waals surface area contributed by atoms with Crippen LogP contribution in [0, 0.1) is 11.3 Å². The second-order valence-corrected chi connectivity index (χ2v) is 6.16. The molecule has 0 N–H and O–H groups in total. The first-order chi connectivity index (χ1) is 12.9. The zero-order chi connectivity index (χ0) is 19.8. The third-order valence-electron chi connectivity index (χ3n) is 3.91. The van der Waals surface area contributed by atoms with Crippen LogP contribution in [0.3, 0.4) is 0 Å². The van der Waals surface area contributed by atoms with Gasteiger partial charge in [0.15, 0.2) is 12.2 Å². The summed E-state index contributed by atoms with van der Waals surface area (Å²) in [5, 5.41) is 8.79. The Bertz CT molecular complexity index is 812. The minimum atomic E-state index is -0.918. The molecule has 2 aromatic rings. The summed E-state index contributed by atoms with van der Waals surface area (Å²) in [5.74, 6) is -0.482. The second kappa shape index (κ2) is 9.39. The zero-order valence-corrected chi connectivity index (χ0v) is 15.6. The average Bonchev–Trinajstić information content (AvgIpc) is 2.68. The van der Waals surface area contributed by atoms with E-state index in [4.69, 9.17) is 14.7 Å². The lowest BCUT2D eigenvalue weighted by Crippen LogP contribution is -2.39. The third-order valence-corrected chi connectivity index (χ3v) is 3.91. The number of nitriles is 1. The molecule has 0 aliphatic heterocycles. The first-order valence-corrected chi connectivity index (χ1v) is 8.57. The lowest BCUT2D eigenvalue weighted by atomic mass is 10.2. The van der Waals surface area contributed by atoms with E-state index < -0.39 is 18.2 Å². The Balaban J connectivity index is 1.87. The van der Waals surface area contributed by atoms with Crippen molar-refractivity contribution in [2.45, 2.75) is 32.6 Å². The van der Waals surface area contributed by atoms with Gasteiger partial charge in [-0.15, -0.1) is 0 Å². The Hall–Kier alpha value is -3.33. The summed E-state index contributed by atoms with van der Waals surface area (Å²) >= 11 is 0. The Labute approximate surface area is 158 Å². The number of hydrogen-bond acceptors (Lipinski definition) is 5. The van der Waals surface area contributed by atoms with E-state index in [-0.39, 0.29) is 5.91 Å². The summed E-state index contributed by atoms with van der Waals surface area (Å²) in [5.41, 5.74) is 1.49. The molecular weight excluding hydrogens is 344 g/mol. The van der Waals surface area contributed by atoms with Crippen LogP contribution in [0.25, 0.3) is 0 Å². The molecule has 1 amide bonds. The number of likely N-dealkylation sites (N-methyl/N-ethyl adjacent to an activating group) is 1. The summed E-state index contributed by atoms with van der Waals surface area (Å²) in [6.45, 7) is 3.51. The molecule has 0 radical (unpaired) electrons. The van der Waals surface area contributed by atoms with Gasteiger partial charge in [-0.3, -0.25) is 4.79 Å². The van der Waals surface area contributed by atoms with Crippen LogP contribution in [0.15, 0.2) is 54.6 Å². The maximum atomic E-state index is 12.4. The van der Waals surface area contributed by atoms with Gasteiger partial charge in [-0.05, 0) is 43.7 Å². The van der Waals surface area contributed by atoms with Crippen LogP contribution in [0.1, 0.15) is 25.0 Å². The van der Waals surface area contributed by atoms with Gasteiger partial charge in [0.25, 0.3) is 5.91 Å². The fourth-order valence-electron chi connectivity index (χ4n) is 2.43. The number of esters is 1. The van der Waals surface area contributed by atoms with E-state index in [2.05, 4.69) is 0 Å². The van der Waals surface area contributed by atoms with Crippen molar-refractivity contribution >= 4 is 11.9 Å². The highest BCUT2D eigenvalue weighted by molar-refractivity contribution is 5.84. The van der Waals surface area contributed by atoms with Crippen molar-refractivity contribution in [2.75, 3.05) is 7.05 Å². The first kappa shape index (κ1) is 20.0. The number of benzene rings is 2. The van der Waals surface area contributed by atoms with Crippen LogP contribution in [0.2, 0.25) is 0 Å². The van der Waals surface area contributed by atoms with Crippen molar-refractivity contribution in [3.05, 3.63) is 65.7 Å². The van der Waals surface area contributed by atoms with Crippen molar-refractivity contribution in [3.8, 4) is 11.8 Å². The topological polar surface area (TPSA) is 79.6 Å². The van der Waals surface area contributed by atoms with E-state index in [0.29, 0.717) is 17.9 Å². The fraction of sp³-hybridized carbons (Fsp3) is 0.286. The molecule has 0 heterocycles. The van der Waals surface area contributed by atoms with Crippen LogP contribution in [0.4, 0.5) is 0 Å². The number of amides is 1. The normalized spacial score (nSPS) is 12.4. The van der Waals surface area contributed by atoms with Gasteiger partial charge < -0.3 is 14.4 Å². The summed E-state index contributed by atoms with van der Waals surface area (Å²) in [6.07, 6.45) is -1.80. The lowest BCUT2D eigenvalue weighted by Gasteiger charge is -2.23. The second-order valence-electron chi connectivity index (χ2n) is 6.16. The lowest BCUT2D eigenvalue weighted by molar-refractivity contribution is -0.164. The van der Waals surface area contributed by atoms with Gasteiger partial charge in [0.05, 0.1) is 11.6 Å². The fourth-order valence-corrected chi connectivity index (χ4v) is 2.43. The SMILES string of the molecule is C[C@H](Oc1ccc(C#N)cc1)C(=O)O[C@@H](C)C(=O)N(C)Cc1ccccc1. The van der Waals surface area contributed by atoms with Gasteiger partial charge in [-0.1, -0.05) is 30.3 Å².